The van der Waals surface area contributed by atoms with Crippen molar-refractivity contribution in [2.75, 3.05) is 32.8 Å². The molecular weight excluding hydrogens is 308 g/mol. The Hall–Kier alpha value is -1.67. The van der Waals surface area contributed by atoms with Crippen molar-refractivity contribution in [2.24, 2.45) is 5.92 Å². The van der Waals surface area contributed by atoms with Crippen molar-refractivity contribution in [3.63, 3.8) is 0 Å². The van der Waals surface area contributed by atoms with Crippen LogP contribution in [0.4, 0.5) is 4.79 Å². The third-order valence-corrected chi connectivity index (χ3v) is 4.43. The number of aryl methyl sites for hydroxylation is 1. The first-order valence-electron chi connectivity index (χ1n) is 8.88. The van der Waals surface area contributed by atoms with Crippen LogP contribution >= 0.6 is 0 Å². The molecule has 8 heteroatoms. The fraction of sp³-hybridized carbons (Fsp3) is 0.812. The molecule has 1 unspecified atom stereocenters. The molecule has 134 valence electrons. The number of ether oxygens (including phenoxy) is 1. The van der Waals surface area contributed by atoms with E-state index in [1.165, 1.54) is 0 Å². The van der Waals surface area contributed by atoms with Gasteiger partial charge in [-0.05, 0) is 12.3 Å². The summed E-state index contributed by atoms with van der Waals surface area (Å²) in [6.45, 7) is 9.96. The maximum Gasteiger partial charge on any atom is 0.315 e. The number of amides is 2. The topological polar surface area (TPSA) is 84.3 Å². The van der Waals surface area contributed by atoms with E-state index in [-0.39, 0.29) is 12.1 Å². The molecule has 3 heterocycles. The Kier molecular flexibility index (Phi) is 5.68. The molecule has 0 spiro atoms. The van der Waals surface area contributed by atoms with Crippen LogP contribution in [-0.4, -0.2) is 64.6 Å². The van der Waals surface area contributed by atoms with Gasteiger partial charge < -0.3 is 19.9 Å². The van der Waals surface area contributed by atoms with E-state index in [2.05, 4.69) is 44.1 Å². The molecule has 1 atom stereocenters. The highest BCUT2D eigenvalue weighted by atomic mass is 16.5. The second-order valence-corrected chi connectivity index (χ2v) is 7.00. The van der Waals surface area contributed by atoms with Gasteiger partial charge in [-0.15, -0.1) is 10.2 Å². The van der Waals surface area contributed by atoms with Crippen molar-refractivity contribution < 1.29 is 9.53 Å². The Bertz CT molecular complexity index is 559. The van der Waals surface area contributed by atoms with Gasteiger partial charge in [0.05, 0.1) is 19.3 Å². The van der Waals surface area contributed by atoms with E-state index in [4.69, 9.17) is 4.74 Å². The van der Waals surface area contributed by atoms with Gasteiger partial charge in [0.25, 0.3) is 0 Å². The number of nitrogens with one attached hydrogen (secondary N) is 2. The van der Waals surface area contributed by atoms with Crippen LogP contribution < -0.4 is 10.6 Å². The minimum Gasteiger partial charge on any atom is -0.374 e. The Morgan fingerprint density at radius 3 is 3.04 bits per heavy atom. The summed E-state index contributed by atoms with van der Waals surface area (Å²) in [4.78, 5) is 14.4. The lowest BCUT2D eigenvalue weighted by Crippen LogP contribution is -2.49. The lowest BCUT2D eigenvalue weighted by molar-refractivity contribution is -0.0290. The number of hydrogen-bond donors (Lipinski definition) is 2. The highest BCUT2D eigenvalue weighted by molar-refractivity contribution is 5.73. The van der Waals surface area contributed by atoms with Gasteiger partial charge in [0.15, 0.2) is 5.82 Å². The number of rotatable bonds is 6. The van der Waals surface area contributed by atoms with Crippen LogP contribution in [-0.2, 0) is 24.2 Å². The molecule has 8 nitrogen and oxygen atoms in total. The van der Waals surface area contributed by atoms with E-state index in [0.29, 0.717) is 19.0 Å². The SMILES string of the molecule is CC(C)CN1CCOC(CNC(=O)NCc2nnc3n2CCC3)C1. The zero-order valence-corrected chi connectivity index (χ0v) is 14.6. The summed E-state index contributed by atoms with van der Waals surface area (Å²) in [6.07, 6.45) is 2.14. The maximum atomic E-state index is 12.0. The maximum absolute atomic E-state index is 12.0. The molecule has 2 N–H and O–H groups in total. The van der Waals surface area contributed by atoms with E-state index in [1.54, 1.807) is 0 Å². The molecule has 2 aliphatic heterocycles. The van der Waals surface area contributed by atoms with Crippen molar-refractivity contribution in [1.29, 1.82) is 0 Å². The van der Waals surface area contributed by atoms with E-state index in [9.17, 15) is 4.79 Å². The van der Waals surface area contributed by atoms with Crippen LogP contribution in [0.3, 0.4) is 0 Å². The zero-order valence-electron chi connectivity index (χ0n) is 14.6. The molecular formula is C16H28N6O2. The standard InChI is InChI=1S/C16H28N6O2/c1-12(2)10-21-6-7-24-13(11-21)8-17-16(23)18-9-15-20-19-14-4-3-5-22(14)15/h12-13H,3-11H2,1-2H3,(H2,17,18,23). The number of fused-ring (bicyclic) bond motifs is 1. The monoisotopic (exact) mass is 336 g/mol. The summed E-state index contributed by atoms with van der Waals surface area (Å²) in [5, 5.41) is 14.0. The van der Waals surface area contributed by atoms with Crippen molar-refractivity contribution in [2.45, 2.75) is 45.9 Å². The molecule has 24 heavy (non-hydrogen) atoms. The predicted molar refractivity (Wildman–Crippen MR) is 89.6 cm³/mol. The number of hydrogen-bond acceptors (Lipinski definition) is 5. The summed E-state index contributed by atoms with van der Waals surface area (Å²) in [6, 6.07) is -0.185. The first kappa shape index (κ1) is 17.2. The molecule has 0 aromatic carbocycles. The first-order valence-corrected chi connectivity index (χ1v) is 8.88. The molecule has 3 rings (SSSR count). The second-order valence-electron chi connectivity index (χ2n) is 7.00. The Morgan fingerprint density at radius 1 is 1.33 bits per heavy atom. The van der Waals surface area contributed by atoms with Crippen molar-refractivity contribution in [1.82, 2.24) is 30.3 Å². The van der Waals surface area contributed by atoms with Crippen LogP contribution in [0, 0.1) is 5.92 Å². The summed E-state index contributed by atoms with van der Waals surface area (Å²) in [5.41, 5.74) is 0. The van der Waals surface area contributed by atoms with Crippen LogP contribution in [0.1, 0.15) is 31.9 Å². The number of nitrogens with zero attached hydrogens (tertiary/aromatic N) is 4. The van der Waals surface area contributed by atoms with Crippen molar-refractivity contribution in [3.05, 3.63) is 11.6 Å². The normalized spacial score (nSPS) is 21.0. The van der Waals surface area contributed by atoms with Crippen LogP contribution in [0.5, 0.6) is 0 Å². The lowest BCUT2D eigenvalue weighted by Gasteiger charge is -2.33. The highest BCUT2D eigenvalue weighted by Gasteiger charge is 2.22. The van der Waals surface area contributed by atoms with E-state index < -0.39 is 0 Å². The molecule has 0 bridgehead atoms. The molecule has 1 aromatic heterocycles. The van der Waals surface area contributed by atoms with E-state index >= 15 is 0 Å². The predicted octanol–water partition coefficient (Wildman–Crippen LogP) is 0.380. The van der Waals surface area contributed by atoms with Crippen molar-refractivity contribution >= 4 is 6.03 Å². The van der Waals surface area contributed by atoms with Crippen LogP contribution in [0.15, 0.2) is 0 Å². The molecule has 1 fully saturated rings. The highest BCUT2D eigenvalue weighted by Crippen LogP contribution is 2.13. The van der Waals surface area contributed by atoms with Gasteiger partial charge in [-0.25, -0.2) is 4.79 Å². The molecule has 0 radical (unpaired) electrons. The third-order valence-electron chi connectivity index (χ3n) is 4.43. The van der Waals surface area contributed by atoms with Crippen LogP contribution in [0.25, 0.3) is 0 Å². The second kappa shape index (κ2) is 7.94. The molecule has 1 saturated heterocycles. The number of aromatic nitrogens is 3. The quantitative estimate of drug-likeness (QED) is 0.785. The smallest absolute Gasteiger partial charge is 0.315 e. The summed E-state index contributed by atoms with van der Waals surface area (Å²) < 4.78 is 7.83. The molecule has 1 aromatic rings. The number of carbonyl (C=O) groups excluding carboxylic acids is 1. The zero-order chi connectivity index (χ0) is 16.9. The Labute approximate surface area is 142 Å². The minimum atomic E-state index is -0.185. The molecule has 2 amide bonds. The van der Waals surface area contributed by atoms with Gasteiger partial charge in [0.2, 0.25) is 0 Å². The molecule has 0 saturated carbocycles. The summed E-state index contributed by atoms with van der Waals surface area (Å²) in [7, 11) is 0. The fourth-order valence-electron chi connectivity index (χ4n) is 3.36. The lowest BCUT2D eigenvalue weighted by atomic mass is 10.2. The fourth-order valence-corrected chi connectivity index (χ4v) is 3.36. The van der Waals surface area contributed by atoms with Crippen LogP contribution in [0.2, 0.25) is 0 Å². The Balaban J connectivity index is 1.37. The largest absolute Gasteiger partial charge is 0.374 e. The molecule has 2 aliphatic rings. The number of carbonyl (C=O) groups is 1. The van der Waals surface area contributed by atoms with Gasteiger partial charge >= 0.3 is 6.03 Å². The summed E-state index contributed by atoms with van der Waals surface area (Å²) in [5.74, 6) is 2.49. The van der Waals surface area contributed by atoms with Gasteiger partial charge in [0, 0.05) is 39.1 Å². The summed E-state index contributed by atoms with van der Waals surface area (Å²) >= 11 is 0. The number of morpholine rings is 1. The minimum absolute atomic E-state index is 0.0561. The van der Waals surface area contributed by atoms with Gasteiger partial charge in [-0.1, -0.05) is 13.8 Å². The van der Waals surface area contributed by atoms with E-state index in [0.717, 1.165) is 57.3 Å². The van der Waals surface area contributed by atoms with Gasteiger partial charge in [-0.2, -0.15) is 0 Å². The van der Waals surface area contributed by atoms with E-state index in [1.807, 2.05) is 0 Å². The Morgan fingerprint density at radius 2 is 2.21 bits per heavy atom. The van der Waals surface area contributed by atoms with Crippen molar-refractivity contribution in [3.8, 4) is 0 Å². The first-order chi connectivity index (χ1) is 11.6. The van der Waals surface area contributed by atoms with Gasteiger partial charge in [-0.3, -0.25) is 4.90 Å². The van der Waals surface area contributed by atoms with Gasteiger partial charge in [0.1, 0.15) is 5.82 Å². The average molecular weight is 336 g/mol. The molecule has 0 aliphatic carbocycles. The third kappa shape index (κ3) is 4.45. The number of urea groups is 1. The average Bonchev–Trinajstić information content (AvgIpc) is 3.14.